The second kappa shape index (κ2) is 8.40. The van der Waals surface area contributed by atoms with E-state index < -0.39 is 0 Å². The highest BCUT2D eigenvalue weighted by Crippen LogP contribution is 2.25. The van der Waals surface area contributed by atoms with Gasteiger partial charge in [0, 0.05) is 41.8 Å². The van der Waals surface area contributed by atoms with Crippen LogP contribution in [0, 0.1) is 11.3 Å². The van der Waals surface area contributed by atoms with E-state index in [4.69, 9.17) is 10.00 Å². The predicted octanol–water partition coefficient (Wildman–Crippen LogP) is 3.45. The molecule has 0 saturated heterocycles. The number of aryl methyl sites for hydroxylation is 1. The summed E-state index contributed by atoms with van der Waals surface area (Å²) >= 11 is 0. The minimum atomic E-state index is -0.326. The zero-order valence-corrected chi connectivity index (χ0v) is 15.9. The lowest BCUT2D eigenvalue weighted by Gasteiger charge is -2.07. The number of hydrogen-bond acceptors (Lipinski definition) is 5. The van der Waals surface area contributed by atoms with Crippen molar-refractivity contribution in [3.05, 3.63) is 65.4 Å². The Hall–Kier alpha value is -3.59. The first-order valence-corrected chi connectivity index (χ1v) is 9.02. The van der Waals surface area contributed by atoms with E-state index >= 15 is 0 Å². The van der Waals surface area contributed by atoms with Crippen molar-refractivity contribution in [2.75, 3.05) is 18.5 Å². The lowest BCUT2D eigenvalue weighted by Crippen LogP contribution is -2.16. The summed E-state index contributed by atoms with van der Waals surface area (Å²) in [5, 5.41) is 12.8. The van der Waals surface area contributed by atoms with E-state index in [0.717, 1.165) is 22.2 Å². The molecule has 0 aliphatic carbocycles. The molecule has 0 bridgehead atoms. The van der Waals surface area contributed by atoms with Crippen molar-refractivity contribution in [1.82, 2.24) is 4.57 Å². The first-order chi connectivity index (χ1) is 13.5. The van der Waals surface area contributed by atoms with Gasteiger partial charge in [-0.25, -0.2) is 0 Å². The van der Waals surface area contributed by atoms with Gasteiger partial charge in [-0.3, -0.25) is 9.59 Å². The highest BCUT2D eigenvalue weighted by molar-refractivity contribution is 6.09. The number of esters is 1. The topological polar surface area (TPSA) is 84.1 Å². The molecule has 1 heterocycles. The van der Waals surface area contributed by atoms with E-state index in [-0.39, 0.29) is 24.7 Å². The summed E-state index contributed by atoms with van der Waals surface area (Å²) in [6, 6.07) is 14.8. The fourth-order valence-electron chi connectivity index (χ4n) is 3.09. The molecular formula is C22H21N3O3. The fraction of sp³-hybridized carbons (Fsp3) is 0.227. The highest BCUT2D eigenvalue weighted by Gasteiger charge is 2.15. The molecule has 0 saturated carbocycles. The van der Waals surface area contributed by atoms with Crippen LogP contribution < -0.4 is 5.32 Å². The van der Waals surface area contributed by atoms with Gasteiger partial charge in [0.25, 0.3) is 0 Å². The van der Waals surface area contributed by atoms with Gasteiger partial charge < -0.3 is 14.6 Å². The molecule has 6 heteroatoms. The van der Waals surface area contributed by atoms with E-state index in [1.54, 1.807) is 31.2 Å². The molecule has 0 spiro atoms. The maximum Gasteiger partial charge on any atom is 0.325 e. The van der Waals surface area contributed by atoms with Gasteiger partial charge in [-0.2, -0.15) is 5.26 Å². The van der Waals surface area contributed by atoms with Gasteiger partial charge in [-0.15, -0.1) is 0 Å². The number of Topliss-reactive ketones (excluding diaryl/α,β-unsaturated/α-hetero) is 1. The summed E-state index contributed by atoms with van der Waals surface area (Å²) < 4.78 is 6.83. The summed E-state index contributed by atoms with van der Waals surface area (Å²) in [6.45, 7) is 2.17. The SMILES string of the molecule is CCOC(=O)CNc1ccc2c(c1)c(C(=O)Cc1ccc(C#N)cc1)cn2C. The molecule has 0 radical (unpaired) electrons. The van der Waals surface area contributed by atoms with E-state index in [0.29, 0.717) is 17.7 Å². The molecule has 0 unspecified atom stereocenters. The number of benzene rings is 2. The third kappa shape index (κ3) is 4.21. The normalized spacial score (nSPS) is 10.5. The third-order valence-corrected chi connectivity index (χ3v) is 4.48. The Bertz CT molecular complexity index is 1060. The van der Waals surface area contributed by atoms with Crippen LogP contribution in [-0.2, 0) is 23.0 Å². The van der Waals surface area contributed by atoms with E-state index in [1.165, 1.54) is 0 Å². The molecule has 1 N–H and O–H groups in total. The van der Waals surface area contributed by atoms with Crippen LogP contribution in [0.4, 0.5) is 5.69 Å². The minimum Gasteiger partial charge on any atom is -0.465 e. The maximum atomic E-state index is 12.9. The number of carbonyl (C=O) groups is 2. The van der Waals surface area contributed by atoms with Crippen LogP contribution in [0.15, 0.2) is 48.7 Å². The maximum absolute atomic E-state index is 12.9. The van der Waals surface area contributed by atoms with Gasteiger partial charge in [0.15, 0.2) is 5.78 Å². The Kier molecular flexibility index (Phi) is 5.75. The Labute approximate surface area is 163 Å². The van der Waals surface area contributed by atoms with Crippen LogP contribution in [0.2, 0.25) is 0 Å². The fourth-order valence-corrected chi connectivity index (χ4v) is 3.09. The van der Waals surface area contributed by atoms with Crippen LogP contribution in [0.3, 0.4) is 0 Å². The number of hydrogen-bond donors (Lipinski definition) is 1. The van der Waals surface area contributed by atoms with Crippen molar-refractivity contribution in [2.24, 2.45) is 7.05 Å². The third-order valence-electron chi connectivity index (χ3n) is 4.48. The van der Waals surface area contributed by atoms with Crippen molar-refractivity contribution in [2.45, 2.75) is 13.3 Å². The summed E-state index contributed by atoms with van der Waals surface area (Å²) in [6.07, 6.45) is 2.08. The van der Waals surface area contributed by atoms with Crippen molar-refractivity contribution in [1.29, 1.82) is 5.26 Å². The van der Waals surface area contributed by atoms with Gasteiger partial charge >= 0.3 is 5.97 Å². The number of nitrogens with one attached hydrogen (secondary N) is 1. The monoisotopic (exact) mass is 375 g/mol. The Morgan fingerprint density at radius 3 is 2.61 bits per heavy atom. The zero-order valence-electron chi connectivity index (χ0n) is 15.9. The number of ketones is 1. The second-order valence-electron chi connectivity index (χ2n) is 6.45. The lowest BCUT2D eigenvalue weighted by molar-refractivity contribution is -0.140. The summed E-state index contributed by atoms with van der Waals surface area (Å²) in [7, 11) is 1.90. The average Bonchev–Trinajstić information content (AvgIpc) is 3.03. The number of ether oxygens (including phenoxy) is 1. The number of nitriles is 1. The molecule has 1 aromatic heterocycles. The van der Waals surface area contributed by atoms with Crippen molar-refractivity contribution >= 4 is 28.3 Å². The molecular weight excluding hydrogens is 354 g/mol. The lowest BCUT2D eigenvalue weighted by atomic mass is 10.0. The van der Waals surface area contributed by atoms with Gasteiger partial charge in [0.2, 0.25) is 0 Å². The highest BCUT2D eigenvalue weighted by atomic mass is 16.5. The number of anilines is 1. The molecule has 0 aliphatic rings. The molecule has 2 aromatic carbocycles. The Balaban J connectivity index is 1.83. The first-order valence-electron chi connectivity index (χ1n) is 9.02. The average molecular weight is 375 g/mol. The van der Waals surface area contributed by atoms with Crippen LogP contribution in [0.1, 0.15) is 28.4 Å². The number of nitrogens with zero attached hydrogens (tertiary/aromatic N) is 2. The second-order valence-corrected chi connectivity index (χ2v) is 6.45. The number of aromatic nitrogens is 1. The Morgan fingerprint density at radius 1 is 1.18 bits per heavy atom. The molecule has 0 amide bonds. The van der Waals surface area contributed by atoms with Gasteiger partial charge in [0.1, 0.15) is 6.54 Å². The molecule has 6 nitrogen and oxygen atoms in total. The van der Waals surface area contributed by atoms with Gasteiger partial charge in [-0.05, 0) is 42.8 Å². The molecule has 0 aliphatic heterocycles. The number of carbonyl (C=O) groups excluding carboxylic acids is 2. The molecule has 3 aromatic rings. The van der Waals surface area contributed by atoms with E-state index in [9.17, 15) is 9.59 Å². The van der Waals surface area contributed by atoms with Crippen molar-refractivity contribution in [3.63, 3.8) is 0 Å². The Morgan fingerprint density at radius 2 is 1.93 bits per heavy atom. The smallest absolute Gasteiger partial charge is 0.325 e. The molecule has 0 fully saturated rings. The largest absolute Gasteiger partial charge is 0.465 e. The summed E-state index contributed by atoms with van der Waals surface area (Å²) in [4.78, 5) is 24.4. The van der Waals surface area contributed by atoms with Gasteiger partial charge in [0.05, 0.1) is 18.2 Å². The quantitative estimate of drug-likeness (QED) is 0.505. The van der Waals surface area contributed by atoms with E-state index in [2.05, 4.69) is 11.4 Å². The van der Waals surface area contributed by atoms with Crippen LogP contribution in [0.5, 0.6) is 0 Å². The number of rotatable bonds is 7. The van der Waals surface area contributed by atoms with Crippen molar-refractivity contribution < 1.29 is 14.3 Å². The zero-order chi connectivity index (χ0) is 20.1. The standard InChI is InChI=1S/C22H21N3O3/c1-3-28-22(27)13-24-17-8-9-20-18(11-17)19(14-25(20)2)21(26)10-15-4-6-16(12-23)7-5-15/h4-9,11,14,24H,3,10,13H2,1-2H3. The molecule has 0 atom stereocenters. The van der Waals surface area contributed by atoms with Crippen LogP contribution in [0.25, 0.3) is 10.9 Å². The van der Waals surface area contributed by atoms with Crippen molar-refractivity contribution in [3.8, 4) is 6.07 Å². The summed E-state index contributed by atoms with van der Waals surface area (Å²) in [5.74, 6) is -0.328. The summed E-state index contributed by atoms with van der Waals surface area (Å²) in [5.41, 5.74) is 3.74. The molecule has 142 valence electrons. The first kappa shape index (κ1) is 19.2. The van der Waals surface area contributed by atoms with Crippen LogP contribution >= 0.6 is 0 Å². The van der Waals surface area contributed by atoms with Crippen LogP contribution in [-0.4, -0.2) is 29.5 Å². The van der Waals surface area contributed by atoms with E-state index in [1.807, 2.05) is 36.0 Å². The molecule has 3 rings (SSSR count). The number of fused-ring (bicyclic) bond motifs is 1. The molecule has 28 heavy (non-hydrogen) atoms. The van der Waals surface area contributed by atoms with Gasteiger partial charge in [-0.1, -0.05) is 12.1 Å². The predicted molar refractivity (Wildman–Crippen MR) is 107 cm³/mol. The minimum absolute atomic E-state index is 0.00199.